The zero-order valence-electron chi connectivity index (χ0n) is 12.1. The SMILES string of the molecule is CC(=O)c1cc2c(cc1-n1nnc3ccccc3c1=O)OCO2. The van der Waals surface area contributed by atoms with E-state index in [1.165, 1.54) is 6.92 Å². The zero-order valence-corrected chi connectivity index (χ0v) is 12.1. The summed E-state index contributed by atoms with van der Waals surface area (Å²) in [4.78, 5) is 24.6. The number of ketones is 1. The summed E-state index contributed by atoms with van der Waals surface area (Å²) < 4.78 is 11.7. The molecule has 0 radical (unpaired) electrons. The summed E-state index contributed by atoms with van der Waals surface area (Å²) in [5.74, 6) is 0.729. The highest BCUT2D eigenvalue weighted by Gasteiger charge is 2.22. The molecule has 0 fully saturated rings. The van der Waals surface area contributed by atoms with Crippen molar-refractivity contribution in [1.29, 1.82) is 0 Å². The van der Waals surface area contributed by atoms with E-state index in [9.17, 15) is 9.59 Å². The summed E-state index contributed by atoms with van der Waals surface area (Å²) in [5, 5.41) is 8.42. The number of hydrogen-bond donors (Lipinski definition) is 0. The fourth-order valence-electron chi connectivity index (χ4n) is 2.54. The maximum atomic E-state index is 12.7. The van der Waals surface area contributed by atoms with Gasteiger partial charge >= 0.3 is 0 Å². The van der Waals surface area contributed by atoms with Crippen LogP contribution >= 0.6 is 0 Å². The number of Topliss-reactive ketones (excluding diaryl/α,β-unsaturated/α-hetero) is 1. The maximum absolute atomic E-state index is 12.7. The average Bonchev–Trinajstić information content (AvgIpc) is 3.01. The zero-order chi connectivity index (χ0) is 16.0. The molecule has 114 valence electrons. The molecule has 1 aliphatic heterocycles. The molecule has 2 heterocycles. The van der Waals surface area contributed by atoms with E-state index < -0.39 is 0 Å². The Morgan fingerprint density at radius 2 is 1.91 bits per heavy atom. The van der Waals surface area contributed by atoms with Crippen LogP contribution in [0.1, 0.15) is 17.3 Å². The molecule has 0 bridgehead atoms. The largest absolute Gasteiger partial charge is 0.454 e. The van der Waals surface area contributed by atoms with Crippen LogP contribution in [0.25, 0.3) is 16.6 Å². The quantitative estimate of drug-likeness (QED) is 0.670. The van der Waals surface area contributed by atoms with Crippen LogP contribution in [0, 0.1) is 0 Å². The highest BCUT2D eigenvalue weighted by Crippen LogP contribution is 2.36. The number of fused-ring (bicyclic) bond motifs is 2. The van der Waals surface area contributed by atoms with Crippen molar-refractivity contribution in [2.24, 2.45) is 0 Å². The highest BCUT2D eigenvalue weighted by atomic mass is 16.7. The van der Waals surface area contributed by atoms with E-state index in [1.807, 2.05) is 0 Å². The molecule has 0 saturated heterocycles. The third-order valence-corrected chi connectivity index (χ3v) is 3.67. The molecule has 0 saturated carbocycles. The van der Waals surface area contributed by atoms with Gasteiger partial charge in [0.05, 0.1) is 11.1 Å². The Morgan fingerprint density at radius 3 is 2.70 bits per heavy atom. The molecular formula is C16H11N3O4. The second-order valence-corrected chi connectivity index (χ2v) is 5.10. The van der Waals surface area contributed by atoms with Crippen molar-refractivity contribution in [2.75, 3.05) is 6.79 Å². The molecule has 23 heavy (non-hydrogen) atoms. The first-order chi connectivity index (χ1) is 11.1. The van der Waals surface area contributed by atoms with Crippen LogP contribution in [0.3, 0.4) is 0 Å². The van der Waals surface area contributed by atoms with Gasteiger partial charge in [-0.1, -0.05) is 17.3 Å². The Bertz CT molecular complexity index is 1010. The standard InChI is InChI=1S/C16H11N3O4/c1-9(20)11-6-14-15(23-8-22-14)7-13(11)19-16(21)10-4-2-3-5-12(10)17-18-19/h2-7H,8H2,1H3. The number of aromatic nitrogens is 3. The summed E-state index contributed by atoms with van der Waals surface area (Å²) in [6.07, 6.45) is 0. The third kappa shape index (κ3) is 2.05. The van der Waals surface area contributed by atoms with E-state index in [0.29, 0.717) is 33.7 Å². The summed E-state index contributed by atoms with van der Waals surface area (Å²) >= 11 is 0. The van der Waals surface area contributed by atoms with Gasteiger partial charge in [0.25, 0.3) is 5.56 Å². The minimum atomic E-state index is -0.350. The molecule has 0 aliphatic carbocycles. The van der Waals surface area contributed by atoms with Gasteiger partial charge < -0.3 is 9.47 Å². The highest BCUT2D eigenvalue weighted by molar-refractivity contribution is 5.98. The lowest BCUT2D eigenvalue weighted by atomic mass is 10.1. The van der Waals surface area contributed by atoms with E-state index in [2.05, 4.69) is 10.3 Å². The minimum Gasteiger partial charge on any atom is -0.454 e. The third-order valence-electron chi connectivity index (χ3n) is 3.67. The lowest BCUT2D eigenvalue weighted by Crippen LogP contribution is -2.24. The van der Waals surface area contributed by atoms with Gasteiger partial charge in [0.15, 0.2) is 17.3 Å². The van der Waals surface area contributed by atoms with Crippen molar-refractivity contribution in [3.63, 3.8) is 0 Å². The predicted octanol–water partition coefficient (Wildman–Crippen LogP) is 1.71. The minimum absolute atomic E-state index is 0.0778. The lowest BCUT2D eigenvalue weighted by Gasteiger charge is -2.10. The number of benzene rings is 2. The van der Waals surface area contributed by atoms with Crippen molar-refractivity contribution in [3.8, 4) is 17.2 Å². The number of carbonyl (C=O) groups excluding carboxylic acids is 1. The van der Waals surface area contributed by atoms with Crippen molar-refractivity contribution in [3.05, 3.63) is 52.3 Å². The Kier molecular flexibility index (Phi) is 2.87. The Morgan fingerprint density at radius 1 is 1.17 bits per heavy atom. The molecular weight excluding hydrogens is 298 g/mol. The van der Waals surface area contributed by atoms with Gasteiger partial charge in [-0.15, -0.1) is 5.10 Å². The van der Waals surface area contributed by atoms with E-state index in [-0.39, 0.29) is 18.1 Å². The van der Waals surface area contributed by atoms with Crippen molar-refractivity contribution in [2.45, 2.75) is 6.92 Å². The Labute approximate surface area is 130 Å². The van der Waals surface area contributed by atoms with E-state index in [0.717, 1.165) is 4.68 Å². The molecule has 0 unspecified atom stereocenters. The van der Waals surface area contributed by atoms with Crippen LogP contribution < -0.4 is 15.0 Å². The second kappa shape index (κ2) is 4.91. The first-order valence-corrected chi connectivity index (χ1v) is 6.95. The molecule has 1 aliphatic rings. The number of carbonyl (C=O) groups is 1. The van der Waals surface area contributed by atoms with Crippen LogP contribution in [-0.4, -0.2) is 27.6 Å². The monoisotopic (exact) mass is 309 g/mol. The molecule has 2 aromatic carbocycles. The van der Waals surface area contributed by atoms with Crippen molar-refractivity contribution < 1.29 is 14.3 Å². The van der Waals surface area contributed by atoms with E-state index in [1.54, 1.807) is 36.4 Å². The van der Waals surface area contributed by atoms with Crippen LogP contribution in [0.4, 0.5) is 0 Å². The van der Waals surface area contributed by atoms with Gasteiger partial charge in [0.2, 0.25) is 6.79 Å². The molecule has 0 spiro atoms. The molecule has 4 rings (SSSR count). The van der Waals surface area contributed by atoms with Gasteiger partial charge in [0, 0.05) is 11.6 Å². The van der Waals surface area contributed by atoms with Crippen LogP contribution in [-0.2, 0) is 0 Å². The molecule has 0 N–H and O–H groups in total. The molecule has 7 heteroatoms. The van der Waals surface area contributed by atoms with Gasteiger partial charge in [-0.05, 0) is 25.1 Å². The average molecular weight is 309 g/mol. The van der Waals surface area contributed by atoms with Gasteiger partial charge in [-0.25, -0.2) is 0 Å². The number of hydrogen-bond acceptors (Lipinski definition) is 6. The molecule has 3 aromatic rings. The summed E-state index contributed by atoms with van der Waals surface area (Å²) in [7, 11) is 0. The fourth-order valence-corrected chi connectivity index (χ4v) is 2.54. The number of ether oxygens (including phenoxy) is 2. The number of rotatable bonds is 2. The number of nitrogens with zero attached hydrogens (tertiary/aromatic N) is 3. The van der Waals surface area contributed by atoms with Gasteiger partial charge in [-0.2, -0.15) is 4.68 Å². The smallest absolute Gasteiger partial charge is 0.282 e. The van der Waals surface area contributed by atoms with E-state index >= 15 is 0 Å². The Hall–Kier alpha value is -3.22. The predicted molar refractivity (Wildman–Crippen MR) is 81.3 cm³/mol. The normalized spacial score (nSPS) is 12.6. The fraction of sp³-hybridized carbons (Fsp3) is 0.125. The molecule has 0 atom stereocenters. The van der Waals surface area contributed by atoms with Gasteiger partial charge in [-0.3, -0.25) is 9.59 Å². The van der Waals surface area contributed by atoms with Crippen LogP contribution in [0.15, 0.2) is 41.2 Å². The van der Waals surface area contributed by atoms with Crippen LogP contribution in [0.2, 0.25) is 0 Å². The second-order valence-electron chi connectivity index (χ2n) is 5.10. The first kappa shape index (κ1) is 13.4. The van der Waals surface area contributed by atoms with Gasteiger partial charge in [0.1, 0.15) is 5.52 Å². The molecule has 0 amide bonds. The van der Waals surface area contributed by atoms with Crippen molar-refractivity contribution in [1.82, 2.24) is 15.0 Å². The van der Waals surface area contributed by atoms with E-state index in [4.69, 9.17) is 9.47 Å². The van der Waals surface area contributed by atoms with Crippen LogP contribution in [0.5, 0.6) is 11.5 Å². The summed E-state index contributed by atoms with van der Waals surface area (Å²) in [5.41, 5.74) is 0.793. The summed E-state index contributed by atoms with van der Waals surface area (Å²) in [6.45, 7) is 1.50. The maximum Gasteiger partial charge on any atom is 0.282 e. The first-order valence-electron chi connectivity index (χ1n) is 6.95. The molecule has 7 nitrogen and oxygen atoms in total. The summed E-state index contributed by atoms with van der Waals surface area (Å²) in [6, 6.07) is 10.0. The topological polar surface area (TPSA) is 83.3 Å². The molecule has 1 aromatic heterocycles. The lowest BCUT2D eigenvalue weighted by molar-refractivity contribution is 0.101. The van der Waals surface area contributed by atoms with Crippen molar-refractivity contribution >= 4 is 16.7 Å². The Balaban J connectivity index is 2.03.